The number of benzene rings is 2. The molecule has 3 aromatic rings. The maximum atomic E-state index is 13.0. The van der Waals surface area contributed by atoms with E-state index in [0.717, 1.165) is 49.3 Å². The van der Waals surface area contributed by atoms with Crippen LogP contribution in [0.4, 0.5) is 24.9 Å². The molecule has 1 amide bonds. The molecule has 200 valence electrons. The molecule has 5 rings (SSSR count). The van der Waals surface area contributed by atoms with E-state index in [1.54, 1.807) is 4.90 Å². The fourth-order valence-corrected chi connectivity index (χ4v) is 4.91. The highest BCUT2D eigenvalue weighted by Crippen LogP contribution is 2.32. The van der Waals surface area contributed by atoms with E-state index in [1.165, 1.54) is 6.07 Å². The number of nitriles is 1. The Hall–Kier alpha value is -3.78. The monoisotopic (exact) mass is 527 g/mol. The van der Waals surface area contributed by atoms with Crippen LogP contribution in [-0.4, -0.2) is 67.8 Å². The minimum atomic E-state index is -4.44. The first kappa shape index (κ1) is 25.9. The number of hydrogen-bond acceptors (Lipinski definition) is 7. The summed E-state index contributed by atoms with van der Waals surface area (Å²) in [5, 5.41) is 9.12. The summed E-state index contributed by atoms with van der Waals surface area (Å²) in [4.78, 5) is 22.8. The highest BCUT2D eigenvalue weighted by atomic mass is 19.4. The molecule has 11 heteroatoms. The smallest absolute Gasteiger partial charge is 0.416 e. The van der Waals surface area contributed by atoms with Gasteiger partial charge in [-0.3, -0.25) is 4.79 Å². The quantitative estimate of drug-likeness (QED) is 0.487. The molecular formula is C27H28F3N5O3. The number of nitrogens with zero attached hydrogens (tertiary/aromatic N) is 5. The average Bonchev–Trinajstić information content (AvgIpc) is 3.35. The third-order valence-electron chi connectivity index (χ3n) is 7.19. The van der Waals surface area contributed by atoms with Gasteiger partial charge in [-0.1, -0.05) is 0 Å². The highest BCUT2D eigenvalue weighted by molar-refractivity contribution is 5.78. The zero-order valence-corrected chi connectivity index (χ0v) is 21.0. The highest BCUT2D eigenvalue weighted by Gasteiger charge is 2.31. The summed E-state index contributed by atoms with van der Waals surface area (Å²) in [6.45, 7) is 5.42. The molecule has 2 fully saturated rings. The van der Waals surface area contributed by atoms with Crippen molar-refractivity contribution in [2.24, 2.45) is 0 Å². The van der Waals surface area contributed by atoms with Gasteiger partial charge < -0.3 is 23.9 Å². The summed E-state index contributed by atoms with van der Waals surface area (Å²) in [5.74, 6) is -0.0813. The Morgan fingerprint density at radius 2 is 1.82 bits per heavy atom. The number of carbonyl (C=O) groups excluding carboxylic acids is 1. The lowest BCUT2D eigenvalue weighted by molar-refractivity contribution is -0.139. The topological polar surface area (TPSA) is 85.8 Å². The molecule has 3 heterocycles. The van der Waals surface area contributed by atoms with Gasteiger partial charge in [0.15, 0.2) is 5.58 Å². The van der Waals surface area contributed by atoms with E-state index in [9.17, 15) is 18.0 Å². The lowest BCUT2D eigenvalue weighted by Crippen LogP contribution is -2.50. The average molecular weight is 528 g/mol. The van der Waals surface area contributed by atoms with Crippen molar-refractivity contribution in [3.8, 4) is 6.07 Å². The van der Waals surface area contributed by atoms with Crippen molar-refractivity contribution >= 4 is 28.7 Å². The van der Waals surface area contributed by atoms with Crippen LogP contribution in [0.1, 0.15) is 29.5 Å². The second-order valence-electron chi connectivity index (χ2n) is 9.65. The van der Waals surface area contributed by atoms with Crippen LogP contribution in [0.25, 0.3) is 11.1 Å². The number of aromatic nitrogens is 1. The lowest BCUT2D eigenvalue weighted by atomic mass is 10.0. The van der Waals surface area contributed by atoms with Crippen molar-refractivity contribution in [3.05, 3.63) is 53.1 Å². The SMILES string of the molecule is Cc1cc(N2CCC(OCC(=O)N3CCN(c4nc5cc(C(F)(F)F)ccc5o4)CC3)CC2)ccc1C#N. The molecule has 0 unspecified atom stereocenters. The lowest BCUT2D eigenvalue weighted by Gasteiger charge is -2.35. The molecular weight excluding hydrogens is 499 g/mol. The van der Waals surface area contributed by atoms with Crippen molar-refractivity contribution in [3.63, 3.8) is 0 Å². The number of aryl methyl sites for hydroxylation is 1. The van der Waals surface area contributed by atoms with Gasteiger partial charge in [0.2, 0.25) is 5.91 Å². The van der Waals surface area contributed by atoms with Crippen LogP contribution in [0.5, 0.6) is 0 Å². The first-order chi connectivity index (χ1) is 18.2. The van der Waals surface area contributed by atoms with Crippen LogP contribution in [0, 0.1) is 18.3 Å². The van der Waals surface area contributed by atoms with Crippen molar-refractivity contribution in [2.45, 2.75) is 32.0 Å². The Kier molecular flexibility index (Phi) is 7.17. The molecule has 1 aromatic heterocycles. The van der Waals surface area contributed by atoms with E-state index < -0.39 is 11.7 Å². The molecule has 0 N–H and O–H groups in total. The molecule has 2 saturated heterocycles. The minimum absolute atomic E-state index is 0.0114. The molecule has 2 aromatic carbocycles. The summed E-state index contributed by atoms with van der Waals surface area (Å²) >= 11 is 0. The molecule has 0 spiro atoms. The number of piperidine rings is 1. The second-order valence-corrected chi connectivity index (χ2v) is 9.65. The Balaban J connectivity index is 1.07. The van der Waals surface area contributed by atoms with Gasteiger partial charge in [-0.15, -0.1) is 0 Å². The number of rotatable bonds is 5. The first-order valence-corrected chi connectivity index (χ1v) is 12.6. The van der Waals surface area contributed by atoms with Crippen LogP contribution in [0.3, 0.4) is 0 Å². The van der Waals surface area contributed by atoms with Crippen LogP contribution >= 0.6 is 0 Å². The summed E-state index contributed by atoms with van der Waals surface area (Å²) in [5.41, 5.74) is 2.41. The Morgan fingerprint density at radius 1 is 1.08 bits per heavy atom. The van der Waals surface area contributed by atoms with Crippen LogP contribution in [0.15, 0.2) is 40.8 Å². The molecule has 0 atom stereocenters. The Bertz CT molecular complexity index is 1350. The van der Waals surface area contributed by atoms with Gasteiger partial charge >= 0.3 is 6.18 Å². The molecule has 8 nitrogen and oxygen atoms in total. The zero-order chi connectivity index (χ0) is 26.9. The maximum Gasteiger partial charge on any atom is 0.416 e. The third kappa shape index (κ3) is 5.55. The number of hydrogen-bond donors (Lipinski definition) is 0. The van der Waals surface area contributed by atoms with Gasteiger partial charge in [0, 0.05) is 45.0 Å². The molecule has 0 bridgehead atoms. The largest absolute Gasteiger partial charge is 0.423 e. The van der Waals surface area contributed by atoms with Crippen molar-refractivity contribution in [2.75, 3.05) is 55.7 Å². The predicted molar refractivity (Wildman–Crippen MR) is 135 cm³/mol. The molecule has 2 aliphatic rings. The number of oxazole rings is 1. The second kappa shape index (κ2) is 10.5. The Labute approximate surface area is 218 Å². The normalized spacial score (nSPS) is 17.2. The zero-order valence-electron chi connectivity index (χ0n) is 21.0. The summed E-state index contributed by atoms with van der Waals surface area (Å²) < 4.78 is 50.5. The summed E-state index contributed by atoms with van der Waals surface area (Å²) in [6.07, 6.45) is -2.80. The standard InChI is InChI=1S/C27H28F3N5O3/c1-18-14-21(4-2-19(18)16-31)33-8-6-22(7-9-33)37-17-25(36)34-10-12-35(13-11-34)26-32-23-15-20(27(28,29)30)3-5-24(23)38-26/h2-5,14-15,22H,6-13,17H2,1H3. The van der Waals surface area contributed by atoms with E-state index in [-0.39, 0.29) is 30.1 Å². The third-order valence-corrected chi connectivity index (χ3v) is 7.19. The van der Waals surface area contributed by atoms with Crippen LogP contribution < -0.4 is 9.80 Å². The molecule has 38 heavy (non-hydrogen) atoms. The predicted octanol–water partition coefficient (Wildman–Crippen LogP) is 4.36. The first-order valence-electron chi connectivity index (χ1n) is 12.6. The molecule has 0 aliphatic carbocycles. The number of halogens is 3. The van der Waals surface area contributed by atoms with E-state index in [0.29, 0.717) is 37.3 Å². The number of anilines is 2. The fourth-order valence-electron chi connectivity index (χ4n) is 4.91. The van der Waals surface area contributed by atoms with E-state index >= 15 is 0 Å². The van der Waals surface area contributed by atoms with Gasteiger partial charge in [-0.25, -0.2) is 0 Å². The maximum absolute atomic E-state index is 13.0. The van der Waals surface area contributed by atoms with E-state index in [4.69, 9.17) is 14.4 Å². The van der Waals surface area contributed by atoms with Gasteiger partial charge in [-0.05, 0) is 61.7 Å². The Morgan fingerprint density at radius 3 is 2.47 bits per heavy atom. The number of piperazine rings is 1. The molecule has 2 aliphatic heterocycles. The molecule has 0 radical (unpaired) electrons. The van der Waals surface area contributed by atoms with Crippen molar-refractivity contribution in [1.29, 1.82) is 5.26 Å². The van der Waals surface area contributed by atoms with Gasteiger partial charge in [0.05, 0.1) is 23.3 Å². The van der Waals surface area contributed by atoms with Crippen molar-refractivity contribution in [1.82, 2.24) is 9.88 Å². The number of amides is 1. The number of ether oxygens (including phenoxy) is 1. The number of alkyl halides is 3. The van der Waals surface area contributed by atoms with E-state index in [1.807, 2.05) is 30.0 Å². The summed E-state index contributed by atoms with van der Waals surface area (Å²) in [7, 11) is 0. The van der Waals surface area contributed by atoms with Gasteiger partial charge in [0.25, 0.3) is 6.01 Å². The summed E-state index contributed by atoms with van der Waals surface area (Å²) in [6, 6.07) is 11.5. The van der Waals surface area contributed by atoms with Gasteiger partial charge in [0.1, 0.15) is 12.1 Å². The van der Waals surface area contributed by atoms with Crippen LogP contribution in [-0.2, 0) is 15.7 Å². The number of fused-ring (bicyclic) bond motifs is 1. The van der Waals surface area contributed by atoms with Crippen molar-refractivity contribution < 1.29 is 27.1 Å². The fraction of sp³-hybridized carbons (Fsp3) is 0.444. The number of carbonyl (C=O) groups is 1. The molecule has 0 saturated carbocycles. The van der Waals surface area contributed by atoms with E-state index in [2.05, 4.69) is 16.0 Å². The van der Waals surface area contributed by atoms with Gasteiger partial charge in [-0.2, -0.15) is 23.4 Å². The minimum Gasteiger partial charge on any atom is -0.423 e. The van der Waals surface area contributed by atoms with Crippen LogP contribution in [0.2, 0.25) is 0 Å².